The van der Waals surface area contributed by atoms with E-state index in [1.54, 1.807) is 0 Å². The van der Waals surface area contributed by atoms with Gasteiger partial charge < -0.3 is 0 Å². The molecular weight excluding hydrogens is 304 g/mol. The van der Waals surface area contributed by atoms with Gasteiger partial charge in [-0.2, -0.15) is 4.89 Å². The first kappa shape index (κ1) is 18.0. The fraction of sp³-hybridized carbons (Fsp3) is 0.526. The molecule has 0 bridgehead atoms. The monoisotopic (exact) mass is 332 g/mol. The van der Waals surface area contributed by atoms with E-state index in [9.17, 15) is 4.79 Å². The zero-order chi connectivity index (χ0) is 16.7. The van der Waals surface area contributed by atoms with Crippen LogP contribution in [0.25, 0.3) is 0 Å². The normalized spacial score (nSPS) is 16.1. The van der Waals surface area contributed by atoms with Gasteiger partial charge in [-0.1, -0.05) is 68.2 Å². The van der Waals surface area contributed by atoms with E-state index in [0.29, 0.717) is 5.56 Å². The van der Waals surface area contributed by atoms with Crippen molar-refractivity contribution < 1.29 is 14.6 Å². The summed E-state index contributed by atoms with van der Waals surface area (Å²) in [5.74, 6) is -0.402. The van der Waals surface area contributed by atoms with Gasteiger partial charge >= 0.3 is 5.97 Å². The number of rotatable bonds is 7. The number of hydrogen-bond donors (Lipinski definition) is 0. The van der Waals surface area contributed by atoms with Crippen molar-refractivity contribution in [1.82, 2.24) is 0 Å². The summed E-state index contributed by atoms with van der Waals surface area (Å²) in [6.07, 6.45) is 5.57. The van der Waals surface area contributed by atoms with E-state index < -0.39 is 14.0 Å². The predicted molar refractivity (Wildman–Crippen MR) is 96.4 cm³/mol. The topological polar surface area (TPSA) is 35.5 Å². The molecule has 0 aliphatic heterocycles. The average molecular weight is 333 g/mol. The van der Waals surface area contributed by atoms with Crippen molar-refractivity contribution in [2.75, 3.05) is 0 Å². The van der Waals surface area contributed by atoms with Crippen molar-refractivity contribution in [2.24, 2.45) is 0 Å². The Hall–Kier alpha value is -1.39. The van der Waals surface area contributed by atoms with E-state index in [2.05, 4.69) is 38.3 Å². The van der Waals surface area contributed by atoms with E-state index in [-0.39, 0.29) is 6.10 Å². The van der Waals surface area contributed by atoms with Gasteiger partial charge in [0.05, 0.1) is 5.56 Å². The third-order valence-electron chi connectivity index (χ3n) is 5.16. The van der Waals surface area contributed by atoms with Gasteiger partial charge in [0.2, 0.25) is 0 Å². The second-order valence-electron chi connectivity index (χ2n) is 6.37. The molecule has 4 heteroatoms. The molecule has 1 aliphatic rings. The van der Waals surface area contributed by atoms with Gasteiger partial charge in [-0.3, -0.25) is 4.89 Å². The minimum Gasteiger partial charge on any atom is -0.293 e. The van der Waals surface area contributed by atoms with Crippen molar-refractivity contribution >= 4 is 19.2 Å². The van der Waals surface area contributed by atoms with Gasteiger partial charge in [0.25, 0.3) is 0 Å². The number of hydrogen-bond acceptors (Lipinski definition) is 3. The van der Waals surface area contributed by atoms with Crippen LogP contribution in [0.5, 0.6) is 0 Å². The van der Waals surface area contributed by atoms with Crippen molar-refractivity contribution in [3.63, 3.8) is 0 Å². The Kier molecular flexibility index (Phi) is 6.60. The Morgan fingerprint density at radius 1 is 1.17 bits per heavy atom. The lowest BCUT2D eigenvalue weighted by atomic mass is 9.98. The maximum Gasteiger partial charge on any atom is 0.373 e. The molecule has 2 rings (SSSR count). The SMILES string of the molecule is C=C[Si](CC)(CC)c1ccc(C(=O)OOC2CCCCC2)cc1. The van der Waals surface area contributed by atoms with Crippen LogP contribution in [0, 0.1) is 0 Å². The third kappa shape index (κ3) is 4.33. The summed E-state index contributed by atoms with van der Waals surface area (Å²) in [6, 6.07) is 10.1. The largest absolute Gasteiger partial charge is 0.373 e. The van der Waals surface area contributed by atoms with Crippen molar-refractivity contribution in [1.29, 1.82) is 0 Å². The summed E-state index contributed by atoms with van der Waals surface area (Å²) in [5.41, 5.74) is 2.69. The van der Waals surface area contributed by atoms with E-state index in [1.165, 1.54) is 11.6 Å². The van der Waals surface area contributed by atoms with Gasteiger partial charge in [-0.05, 0) is 25.0 Å². The summed E-state index contributed by atoms with van der Waals surface area (Å²) in [6.45, 7) is 8.48. The lowest BCUT2D eigenvalue weighted by Crippen LogP contribution is -2.44. The van der Waals surface area contributed by atoms with Crippen LogP contribution >= 0.6 is 0 Å². The highest BCUT2D eigenvalue weighted by Gasteiger charge is 2.27. The lowest BCUT2D eigenvalue weighted by molar-refractivity contribution is -0.279. The van der Waals surface area contributed by atoms with E-state index in [1.807, 2.05) is 12.1 Å². The Labute approximate surface area is 140 Å². The Bertz CT molecular complexity index is 514. The minimum atomic E-state index is -1.62. The van der Waals surface area contributed by atoms with Gasteiger partial charge in [-0.15, -0.1) is 6.58 Å². The van der Waals surface area contributed by atoms with Crippen molar-refractivity contribution in [3.8, 4) is 0 Å². The number of carbonyl (C=O) groups excluding carboxylic acids is 1. The third-order valence-corrected chi connectivity index (χ3v) is 9.95. The Balaban J connectivity index is 1.98. The van der Waals surface area contributed by atoms with Crippen LogP contribution in [0.2, 0.25) is 12.1 Å². The first-order chi connectivity index (χ1) is 11.1. The van der Waals surface area contributed by atoms with Gasteiger partial charge in [-0.25, -0.2) is 4.79 Å². The maximum atomic E-state index is 12.1. The van der Waals surface area contributed by atoms with Crippen LogP contribution in [0.4, 0.5) is 0 Å². The fourth-order valence-electron chi connectivity index (χ4n) is 3.32. The van der Waals surface area contributed by atoms with Crippen LogP contribution in [0.3, 0.4) is 0 Å². The lowest BCUT2D eigenvalue weighted by Gasteiger charge is -2.26. The van der Waals surface area contributed by atoms with Gasteiger partial charge in [0.1, 0.15) is 14.2 Å². The van der Waals surface area contributed by atoms with Crippen LogP contribution in [0.15, 0.2) is 36.5 Å². The molecule has 1 aromatic carbocycles. The molecule has 0 unspecified atom stereocenters. The smallest absolute Gasteiger partial charge is 0.293 e. The van der Waals surface area contributed by atoms with E-state index >= 15 is 0 Å². The van der Waals surface area contributed by atoms with Crippen molar-refractivity contribution in [2.45, 2.75) is 64.1 Å². The molecule has 1 aliphatic carbocycles. The van der Waals surface area contributed by atoms with Crippen LogP contribution < -0.4 is 5.19 Å². The summed E-state index contributed by atoms with van der Waals surface area (Å²) < 4.78 is 0. The standard InChI is InChI=1S/C19H28O3Si/c1-4-23(5-2,6-3)18-14-12-16(13-15-18)19(20)22-21-17-10-8-7-9-11-17/h4,12-15,17H,1,5-11H2,2-3H3. The maximum absolute atomic E-state index is 12.1. The van der Waals surface area contributed by atoms with Crippen LogP contribution in [0.1, 0.15) is 56.3 Å². The molecule has 3 nitrogen and oxygen atoms in total. The molecule has 23 heavy (non-hydrogen) atoms. The average Bonchev–Trinajstić information content (AvgIpc) is 2.63. The molecule has 0 radical (unpaired) electrons. The van der Waals surface area contributed by atoms with Gasteiger partial charge in [0.15, 0.2) is 0 Å². The summed E-state index contributed by atoms with van der Waals surface area (Å²) in [7, 11) is -1.62. The fourth-order valence-corrected chi connectivity index (χ4v) is 6.28. The van der Waals surface area contributed by atoms with E-state index in [0.717, 1.165) is 37.8 Å². The molecule has 0 amide bonds. The van der Waals surface area contributed by atoms with Crippen LogP contribution in [-0.4, -0.2) is 20.1 Å². The minimum absolute atomic E-state index is 0.0629. The van der Waals surface area contributed by atoms with E-state index in [4.69, 9.17) is 9.78 Å². The van der Waals surface area contributed by atoms with Crippen molar-refractivity contribution in [3.05, 3.63) is 42.1 Å². The molecule has 0 saturated heterocycles. The Morgan fingerprint density at radius 2 is 1.78 bits per heavy atom. The highest BCUT2D eigenvalue weighted by Crippen LogP contribution is 2.21. The summed E-state index contributed by atoms with van der Waals surface area (Å²) >= 11 is 0. The molecule has 0 heterocycles. The first-order valence-electron chi connectivity index (χ1n) is 8.77. The quantitative estimate of drug-likeness (QED) is 0.418. The molecule has 1 aromatic rings. The predicted octanol–water partition coefficient (Wildman–Crippen LogP) is 4.53. The van der Waals surface area contributed by atoms with Gasteiger partial charge in [0, 0.05) is 0 Å². The number of benzene rings is 1. The second-order valence-corrected chi connectivity index (χ2v) is 11.1. The molecule has 0 aromatic heterocycles. The highest BCUT2D eigenvalue weighted by atomic mass is 28.3. The molecular formula is C19H28O3Si. The summed E-state index contributed by atoms with van der Waals surface area (Å²) in [5, 5.41) is 1.32. The molecule has 0 spiro atoms. The summed E-state index contributed by atoms with van der Waals surface area (Å²) in [4.78, 5) is 22.4. The zero-order valence-electron chi connectivity index (χ0n) is 14.3. The zero-order valence-corrected chi connectivity index (χ0v) is 15.3. The molecule has 1 fully saturated rings. The second kappa shape index (κ2) is 8.46. The Morgan fingerprint density at radius 3 is 2.30 bits per heavy atom. The highest BCUT2D eigenvalue weighted by molar-refractivity contribution is 6.95. The first-order valence-corrected chi connectivity index (χ1v) is 11.3. The molecule has 0 N–H and O–H groups in total. The number of carbonyl (C=O) groups is 1. The van der Waals surface area contributed by atoms with Crippen LogP contribution in [-0.2, 0) is 9.78 Å². The molecule has 0 atom stereocenters. The molecule has 126 valence electrons. The molecule has 1 saturated carbocycles.